The minimum atomic E-state index is -4.89. The van der Waals surface area contributed by atoms with Crippen LogP contribution in [0.2, 0.25) is 0 Å². The van der Waals surface area contributed by atoms with Crippen molar-refractivity contribution in [1.82, 2.24) is 14.9 Å². The Bertz CT molecular complexity index is 1320. The summed E-state index contributed by atoms with van der Waals surface area (Å²) in [7, 11) is 0. The zero-order chi connectivity index (χ0) is 24.8. The molecule has 1 aliphatic carbocycles. The molecule has 2 heterocycles. The third-order valence-corrected chi connectivity index (χ3v) is 6.55. The normalized spacial score (nSPS) is 17.4. The molecule has 1 saturated carbocycles. The highest BCUT2D eigenvalue weighted by molar-refractivity contribution is 5.82. The van der Waals surface area contributed by atoms with Crippen LogP contribution in [0.1, 0.15) is 47.2 Å². The summed E-state index contributed by atoms with van der Waals surface area (Å²) < 4.78 is 41.4. The molecule has 0 saturated heterocycles. The number of ether oxygens (including phenoxy) is 1. The van der Waals surface area contributed by atoms with Gasteiger partial charge >= 0.3 is 6.36 Å². The van der Waals surface area contributed by atoms with Gasteiger partial charge in [-0.2, -0.15) is 0 Å². The van der Waals surface area contributed by atoms with Crippen LogP contribution >= 0.6 is 0 Å². The lowest BCUT2D eigenvalue weighted by atomic mass is 9.94. The van der Waals surface area contributed by atoms with E-state index >= 15 is 0 Å². The average Bonchev–Trinajstić information content (AvgIpc) is 3.65. The molecule has 1 aliphatic heterocycles. The Balaban J connectivity index is 1.35. The molecule has 7 nitrogen and oxygen atoms in total. The number of hydrogen-bond acceptors (Lipinski definition) is 5. The van der Waals surface area contributed by atoms with Crippen LogP contribution in [0.4, 0.5) is 13.2 Å². The summed E-state index contributed by atoms with van der Waals surface area (Å²) >= 11 is 0. The summed E-state index contributed by atoms with van der Waals surface area (Å²) in [4.78, 5) is 34.8. The molecule has 5 rings (SSSR count). The van der Waals surface area contributed by atoms with Crippen LogP contribution < -0.4 is 10.3 Å². The second-order valence-electron chi connectivity index (χ2n) is 8.82. The first-order chi connectivity index (χ1) is 16.7. The summed E-state index contributed by atoms with van der Waals surface area (Å²) in [5.41, 5.74) is 1.38. The van der Waals surface area contributed by atoms with E-state index in [0.29, 0.717) is 23.5 Å². The van der Waals surface area contributed by atoms with Gasteiger partial charge in [0.2, 0.25) is 0 Å². The molecular weight excluding hydrogens is 463 g/mol. The molecule has 2 aromatic carbocycles. The zero-order valence-corrected chi connectivity index (χ0v) is 18.5. The highest BCUT2D eigenvalue weighted by atomic mass is 19.4. The number of aromatic amines is 1. The van der Waals surface area contributed by atoms with Gasteiger partial charge in [0.1, 0.15) is 11.6 Å². The molecule has 0 radical (unpaired) electrons. The number of nitrogens with zero attached hydrogens (tertiary/aromatic N) is 2. The van der Waals surface area contributed by atoms with Gasteiger partial charge in [0.05, 0.1) is 23.2 Å². The summed E-state index contributed by atoms with van der Waals surface area (Å²) in [6.45, 7) is 0.167. The maximum Gasteiger partial charge on any atom is 0.573 e. The van der Waals surface area contributed by atoms with Crippen molar-refractivity contribution in [3.8, 4) is 5.75 Å². The van der Waals surface area contributed by atoms with Crippen molar-refractivity contribution >= 4 is 5.91 Å². The van der Waals surface area contributed by atoms with Gasteiger partial charge in [-0.1, -0.05) is 42.5 Å². The third kappa shape index (κ3) is 4.53. The third-order valence-electron chi connectivity index (χ3n) is 6.55. The van der Waals surface area contributed by atoms with E-state index < -0.39 is 24.1 Å². The highest BCUT2D eigenvalue weighted by Crippen LogP contribution is 2.51. The van der Waals surface area contributed by atoms with E-state index in [-0.39, 0.29) is 29.6 Å². The standard InChI is InChI=1S/C25H22F3N3O4/c26-25(27,28)35-17-8-4-5-15(13-17)20(32)22(34)31-12-9-19-18(14-31)21(33)30-23(29-19)24(10-11-24)16-6-2-1-3-7-16/h1-8,13,20,32H,9-12,14H2,(H,29,30,33). The second-order valence-corrected chi connectivity index (χ2v) is 8.82. The van der Waals surface area contributed by atoms with Gasteiger partial charge in [0, 0.05) is 13.0 Å². The van der Waals surface area contributed by atoms with Crippen LogP contribution in [-0.4, -0.2) is 38.8 Å². The number of H-pyrrole nitrogens is 1. The second kappa shape index (κ2) is 8.53. The Hall–Kier alpha value is -3.66. The summed E-state index contributed by atoms with van der Waals surface area (Å²) in [5.74, 6) is -0.633. The summed E-state index contributed by atoms with van der Waals surface area (Å²) in [6, 6.07) is 14.5. The van der Waals surface area contributed by atoms with Crippen molar-refractivity contribution in [2.24, 2.45) is 0 Å². The van der Waals surface area contributed by atoms with E-state index in [1.54, 1.807) is 0 Å². The van der Waals surface area contributed by atoms with Crippen molar-refractivity contribution in [3.05, 3.63) is 93.2 Å². The number of benzene rings is 2. The fourth-order valence-electron chi connectivity index (χ4n) is 4.58. The maximum atomic E-state index is 13.0. The first kappa shape index (κ1) is 23.1. The quantitative estimate of drug-likeness (QED) is 0.578. The summed E-state index contributed by atoms with van der Waals surface area (Å²) in [5, 5.41) is 10.5. The molecule has 35 heavy (non-hydrogen) atoms. The number of hydrogen-bond donors (Lipinski definition) is 2. The minimum Gasteiger partial charge on any atom is -0.406 e. The molecule has 1 atom stereocenters. The Labute approximate surface area is 198 Å². The van der Waals surface area contributed by atoms with Gasteiger partial charge in [-0.05, 0) is 36.1 Å². The van der Waals surface area contributed by atoms with E-state index in [0.717, 1.165) is 30.5 Å². The first-order valence-corrected chi connectivity index (χ1v) is 11.2. The molecule has 1 fully saturated rings. The molecule has 0 bridgehead atoms. The number of nitrogens with one attached hydrogen (secondary N) is 1. The zero-order valence-electron chi connectivity index (χ0n) is 18.5. The van der Waals surface area contributed by atoms with Crippen LogP contribution in [-0.2, 0) is 23.2 Å². The predicted molar refractivity (Wildman–Crippen MR) is 119 cm³/mol. The number of aliphatic hydroxyl groups excluding tert-OH is 1. The first-order valence-electron chi connectivity index (χ1n) is 11.2. The molecule has 1 aromatic heterocycles. The molecule has 2 N–H and O–H groups in total. The number of alkyl halides is 3. The van der Waals surface area contributed by atoms with E-state index in [1.165, 1.54) is 17.0 Å². The number of rotatable bonds is 5. The van der Waals surface area contributed by atoms with Gasteiger partial charge in [0.25, 0.3) is 11.5 Å². The Morgan fingerprint density at radius 1 is 1.14 bits per heavy atom. The van der Waals surface area contributed by atoms with Gasteiger partial charge in [-0.25, -0.2) is 4.98 Å². The van der Waals surface area contributed by atoms with Crippen LogP contribution in [0.3, 0.4) is 0 Å². The lowest BCUT2D eigenvalue weighted by Crippen LogP contribution is -2.42. The van der Waals surface area contributed by atoms with E-state index in [1.807, 2.05) is 30.3 Å². The Morgan fingerprint density at radius 3 is 2.57 bits per heavy atom. The van der Waals surface area contributed by atoms with E-state index in [4.69, 9.17) is 4.98 Å². The number of amides is 1. The number of fused-ring (bicyclic) bond motifs is 1. The van der Waals surface area contributed by atoms with Crippen LogP contribution in [0.25, 0.3) is 0 Å². The van der Waals surface area contributed by atoms with Gasteiger partial charge < -0.3 is 19.7 Å². The number of halogens is 3. The number of aromatic nitrogens is 2. The Kier molecular flexibility index (Phi) is 5.63. The smallest absolute Gasteiger partial charge is 0.406 e. The molecule has 10 heteroatoms. The molecule has 2 aliphatic rings. The average molecular weight is 485 g/mol. The summed E-state index contributed by atoms with van der Waals surface area (Å²) in [6.07, 6.45) is -4.50. The van der Waals surface area contributed by atoms with Crippen molar-refractivity contribution < 1.29 is 27.8 Å². The SMILES string of the molecule is O=C(C(O)c1cccc(OC(F)(F)F)c1)N1CCc2nc(C3(c4ccccc4)CC3)[nH]c(=O)c2C1. The predicted octanol–water partition coefficient (Wildman–Crippen LogP) is 3.37. The largest absolute Gasteiger partial charge is 0.573 e. The van der Waals surface area contributed by atoms with Crippen molar-refractivity contribution in [3.63, 3.8) is 0 Å². The lowest BCUT2D eigenvalue weighted by molar-refractivity contribution is -0.274. The van der Waals surface area contributed by atoms with Crippen molar-refractivity contribution in [2.45, 2.75) is 43.7 Å². The fourth-order valence-corrected chi connectivity index (χ4v) is 4.58. The van der Waals surface area contributed by atoms with Gasteiger partial charge in [-0.15, -0.1) is 13.2 Å². The van der Waals surface area contributed by atoms with Gasteiger partial charge in [0.15, 0.2) is 6.10 Å². The van der Waals surface area contributed by atoms with Crippen LogP contribution in [0.15, 0.2) is 59.4 Å². The van der Waals surface area contributed by atoms with Gasteiger partial charge in [-0.3, -0.25) is 9.59 Å². The lowest BCUT2D eigenvalue weighted by Gasteiger charge is -2.30. The number of carbonyl (C=O) groups excluding carboxylic acids is 1. The monoisotopic (exact) mass is 485 g/mol. The fraction of sp³-hybridized carbons (Fsp3) is 0.320. The van der Waals surface area contributed by atoms with Crippen molar-refractivity contribution in [2.75, 3.05) is 6.54 Å². The Morgan fingerprint density at radius 2 is 1.89 bits per heavy atom. The van der Waals surface area contributed by atoms with Crippen molar-refractivity contribution in [1.29, 1.82) is 0 Å². The molecule has 0 spiro atoms. The molecule has 182 valence electrons. The molecule has 3 aromatic rings. The number of aliphatic hydroxyl groups is 1. The molecular formula is C25H22F3N3O4. The topological polar surface area (TPSA) is 95.5 Å². The maximum absolute atomic E-state index is 13.0. The number of carbonyl (C=O) groups is 1. The molecule has 1 amide bonds. The molecule has 1 unspecified atom stereocenters. The highest BCUT2D eigenvalue weighted by Gasteiger charge is 2.48. The minimum absolute atomic E-state index is 0.0385. The van der Waals surface area contributed by atoms with Crippen LogP contribution in [0.5, 0.6) is 5.75 Å². The van der Waals surface area contributed by atoms with E-state index in [9.17, 15) is 27.9 Å². The van der Waals surface area contributed by atoms with E-state index in [2.05, 4.69) is 9.72 Å². The van der Waals surface area contributed by atoms with Crippen LogP contribution in [0, 0.1) is 0 Å².